The molecule has 2 N–H and O–H groups in total. The molecular weight excluding hydrogens is 692 g/mol. The lowest BCUT2D eigenvalue weighted by Crippen LogP contribution is -2.64. The monoisotopic (exact) mass is 738 g/mol. The molecule has 5 rings (SSSR count). The minimum atomic E-state index is -4.39. The first-order valence-corrected chi connectivity index (χ1v) is 18.4. The van der Waals surface area contributed by atoms with Gasteiger partial charge in [-0.3, -0.25) is 18.5 Å². The molecule has 0 spiro atoms. The Kier molecular flexibility index (Phi) is 13.0. The van der Waals surface area contributed by atoms with E-state index >= 15 is 0 Å². The number of aliphatic hydroxyl groups excluding tert-OH is 1. The molecule has 280 valence electrons. The third kappa shape index (κ3) is 8.78. The molecule has 14 heteroatoms. The summed E-state index contributed by atoms with van der Waals surface area (Å²) < 4.78 is 66.6. The Morgan fingerprint density at radius 2 is 1.56 bits per heavy atom. The summed E-state index contributed by atoms with van der Waals surface area (Å²) in [6, 6.07) is 24.8. The van der Waals surface area contributed by atoms with Crippen LogP contribution in [0, 0.1) is 13.8 Å². The summed E-state index contributed by atoms with van der Waals surface area (Å²) >= 11 is 0. The number of ether oxygens (including phenoxy) is 5. The van der Waals surface area contributed by atoms with Gasteiger partial charge >= 0.3 is 5.69 Å². The average Bonchev–Trinajstić information content (AvgIpc) is 3.40. The summed E-state index contributed by atoms with van der Waals surface area (Å²) in [6.45, 7) is 3.76. The molecule has 0 amide bonds. The fraction of sp³-hybridized carbons (Fsp3) is 0.421. The highest BCUT2D eigenvalue weighted by Gasteiger charge is 2.69. The number of methoxy groups -OCH3 is 1. The van der Waals surface area contributed by atoms with Crippen LogP contribution in [0.3, 0.4) is 0 Å². The first-order chi connectivity index (χ1) is 24.9. The second kappa shape index (κ2) is 17.2. The van der Waals surface area contributed by atoms with E-state index in [-0.39, 0.29) is 43.3 Å². The van der Waals surface area contributed by atoms with E-state index in [4.69, 9.17) is 27.9 Å². The zero-order chi connectivity index (χ0) is 37.4. The van der Waals surface area contributed by atoms with Crippen LogP contribution in [0.25, 0.3) is 0 Å². The Labute approximate surface area is 303 Å². The molecule has 3 aromatic carbocycles. The molecule has 1 aromatic heterocycles. The molecule has 52 heavy (non-hydrogen) atoms. The Bertz CT molecular complexity index is 1970. The molecule has 4 aromatic rings. The topological polar surface area (TPSA) is 165 Å². The van der Waals surface area contributed by atoms with Crippen molar-refractivity contribution in [3.8, 4) is 0 Å². The van der Waals surface area contributed by atoms with Crippen molar-refractivity contribution in [2.45, 2.75) is 74.9 Å². The predicted molar refractivity (Wildman–Crippen MR) is 191 cm³/mol. The lowest BCUT2D eigenvalue weighted by atomic mass is 9.78. The van der Waals surface area contributed by atoms with Crippen molar-refractivity contribution >= 4 is 10.1 Å². The van der Waals surface area contributed by atoms with E-state index in [9.17, 15) is 23.1 Å². The van der Waals surface area contributed by atoms with Crippen molar-refractivity contribution in [3.63, 3.8) is 0 Å². The van der Waals surface area contributed by atoms with E-state index in [0.717, 1.165) is 16.7 Å². The fourth-order valence-electron chi connectivity index (χ4n) is 6.20. The van der Waals surface area contributed by atoms with E-state index in [0.29, 0.717) is 0 Å². The molecule has 1 aliphatic heterocycles. The fourth-order valence-corrected chi connectivity index (χ4v) is 7.15. The molecule has 0 radical (unpaired) electrons. The van der Waals surface area contributed by atoms with Gasteiger partial charge in [0.2, 0.25) is 0 Å². The number of benzene rings is 3. The van der Waals surface area contributed by atoms with Gasteiger partial charge in [0.1, 0.15) is 18.3 Å². The van der Waals surface area contributed by atoms with Gasteiger partial charge in [-0.1, -0.05) is 78.4 Å². The van der Waals surface area contributed by atoms with Crippen molar-refractivity contribution < 1.29 is 41.4 Å². The normalized spacial score (nSPS) is 22.4. The van der Waals surface area contributed by atoms with Crippen molar-refractivity contribution in [2.75, 3.05) is 33.5 Å². The van der Waals surface area contributed by atoms with Crippen LogP contribution >= 0.6 is 0 Å². The first-order valence-electron chi connectivity index (χ1n) is 16.9. The number of aromatic nitrogens is 2. The third-order valence-corrected chi connectivity index (χ3v) is 10.5. The van der Waals surface area contributed by atoms with E-state index in [1.54, 1.807) is 19.1 Å². The van der Waals surface area contributed by atoms with Gasteiger partial charge in [0, 0.05) is 31.9 Å². The summed E-state index contributed by atoms with van der Waals surface area (Å²) in [4.78, 5) is 28.2. The van der Waals surface area contributed by atoms with Gasteiger partial charge in [-0.15, -0.1) is 0 Å². The standard InChI is InChI=1S/C38H46N2O11S/c1-27-15-17-32(18-16-27)52(44,45)50-26-37(25-47-23-30-11-7-5-8-12-30)38(19-20-41,49-24-31-13-9-6-10-14-31)33(48-22-29(3)46-4)35(51-37)40-21-28(2)34(42)39-36(40)43/h5-18,21,29,33,35,41H,19-20,22-26H2,1-4H3,(H,39,42,43)/t29?,33-,35+,37-,38-/m0/s1. The first kappa shape index (κ1) is 39.2. The summed E-state index contributed by atoms with van der Waals surface area (Å²) in [5.41, 5.74) is -2.33. The van der Waals surface area contributed by atoms with Gasteiger partial charge in [0.15, 0.2) is 11.8 Å². The summed E-state index contributed by atoms with van der Waals surface area (Å²) in [5.74, 6) is 0. The summed E-state index contributed by atoms with van der Waals surface area (Å²) in [6.07, 6.45) is -1.80. The molecule has 1 saturated heterocycles. The van der Waals surface area contributed by atoms with Crippen molar-refractivity contribution in [1.82, 2.24) is 9.55 Å². The van der Waals surface area contributed by atoms with Gasteiger partial charge in [-0.2, -0.15) is 8.42 Å². The van der Waals surface area contributed by atoms with Crippen LogP contribution in [0.2, 0.25) is 0 Å². The molecule has 1 fully saturated rings. The van der Waals surface area contributed by atoms with Gasteiger partial charge in [0.05, 0.1) is 37.4 Å². The van der Waals surface area contributed by atoms with E-state index in [1.807, 2.05) is 67.6 Å². The smallest absolute Gasteiger partial charge is 0.330 e. The van der Waals surface area contributed by atoms with Crippen LogP contribution in [-0.2, 0) is 51.2 Å². The molecule has 13 nitrogen and oxygen atoms in total. The number of hydrogen-bond donors (Lipinski definition) is 2. The second-order valence-electron chi connectivity index (χ2n) is 12.9. The maximum Gasteiger partial charge on any atom is 0.330 e. The molecule has 0 aliphatic carbocycles. The SMILES string of the molecule is COC(C)CO[C@H]1[C@H](n2cc(C)c(=O)[nH]c2=O)O[C@@](COCc2ccccc2)(COS(=O)(=O)c2ccc(C)cc2)[C@@]1(CCO)OCc1ccccc1. The summed E-state index contributed by atoms with van der Waals surface area (Å²) in [5, 5.41) is 10.8. The van der Waals surface area contributed by atoms with Gasteiger partial charge in [-0.05, 0) is 44.0 Å². The predicted octanol–water partition coefficient (Wildman–Crippen LogP) is 3.80. The van der Waals surface area contributed by atoms with Crippen molar-refractivity contribution in [1.29, 1.82) is 0 Å². The van der Waals surface area contributed by atoms with E-state index in [1.165, 1.54) is 36.9 Å². The van der Waals surface area contributed by atoms with Crippen LogP contribution in [-0.4, -0.2) is 80.0 Å². The molecule has 5 atom stereocenters. The Hall–Kier alpha value is -3.99. The quantitative estimate of drug-likeness (QED) is 0.143. The molecule has 0 saturated carbocycles. The lowest BCUT2D eigenvalue weighted by Gasteiger charge is -2.45. The Balaban J connectivity index is 1.70. The molecule has 1 aliphatic rings. The number of aliphatic hydroxyl groups is 1. The van der Waals surface area contributed by atoms with Crippen LogP contribution in [0.4, 0.5) is 0 Å². The number of nitrogens with zero attached hydrogens (tertiary/aromatic N) is 1. The van der Waals surface area contributed by atoms with Crippen molar-refractivity contribution in [3.05, 3.63) is 134 Å². The Morgan fingerprint density at radius 3 is 2.17 bits per heavy atom. The number of aryl methyl sites for hydroxylation is 2. The zero-order valence-corrected chi connectivity index (χ0v) is 30.5. The van der Waals surface area contributed by atoms with Crippen LogP contribution in [0.5, 0.6) is 0 Å². The highest BCUT2D eigenvalue weighted by Crippen LogP contribution is 2.51. The lowest BCUT2D eigenvalue weighted by molar-refractivity contribution is -0.228. The minimum Gasteiger partial charge on any atom is -0.396 e. The van der Waals surface area contributed by atoms with Gasteiger partial charge in [0.25, 0.3) is 15.7 Å². The number of rotatable bonds is 18. The molecular formula is C38H46N2O11S. The van der Waals surface area contributed by atoms with Crippen molar-refractivity contribution in [2.24, 2.45) is 0 Å². The van der Waals surface area contributed by atoms with Gasteiger partial charge < -0.3 is 28.8 Å². The van der Waals surface area contributed by atoms with E-state index in [2.05, 4.69) is 4.98 Å². The van der Waals surface area contributed by atoms with E-state index < -0.39 is 64.2 Å². The third-order valence-electron chi connectivity index (χ3n) is 9.20. The molecule has 2 heterocycles. The number of H-pyrrole nitrogens is 1. The maximum absolute atomic E-state index is 13.8. The van der Waals surface area contributed by atoms with Crippen LogP contribution < -0.4 is 11.2 Å². The number of nitrogens with one attached hydrogen (secondary N) is 1. The van der Waals surface area contributed by atoms with Crippen LogP contribution in [0.15, 0.2) is 106 Å². The average molecular weight is 739 g/mol. The van der Waals surface area contributed by atoms with Crippen LogP contribution in [0.1, 0.15) is 41.8 Å². The second-order valence-corrected chi connectivity index (χ2v) is 14.5. The minimum absolute atomic E-state index is 0.0105. The molecule has 1 unspecified atom stereocenters. The zero-order valence-electron chi connectivity index (χ0n) is 29.7. The number of aromatic amines is 1. The highest BCUT2D eigenvalue weighted by molar-refractivity contribution is 7.86. The van der Waals surface area contributed by atoms with Gasteiger partial charge in [-0.25, -0.2) is 4.79 Å². The Morgan fingerprint density at radius 1 is 0.923 bits per heavy atom. The summed E-state index contributed by atoms with van der Waals surface area (Å²) in [7, 11) is -2.87. The highest BCUT2D eigenvalue weighted by atomic mass is 32.2. The molecule has 0 bridgehead atoms. The maximum atomic E-state index is 13.8. The largest absolute Gasteiger partial charge is 0.396 e. The number of hydrogen-bond acceptors (Lipinski definition) is 11.